The highest BCUT2D eigenvalue weighted by atomic mass is 79.9. The predicted octanol–water partition coefficient (Wildman–Crippen LogP) is 2.72. The van der Waals surface area contributed by atoms with Crippen LogP contribution < -0.4 is 0 Å². The van der Waals surface area contributed by atoms with Crippen molar-refractivity contribution in [3.05, 3.63) is 34.9 Å². The van der Waals surface area contributed by atoms with Crippen molar-refractivity contribution in [2.75, 3.05) is 12.4 Å². The molecule has 0 heterocycles. The molecule has 0 saturated carbocycles. The van der Waals surface area contributed by atoms with E-state index in [2.05, 4.69) is 20.7 Å². The number of ether oxygens (including phenoxy) is 1. The van der Waals surface area contributed by atoms with Gasteiger partial charge in [-0.25, -0.2) is 4.79 Å². The molecule has 0 aliphatic rings. The summed E-state index contributed by atoms with van der Waals surface area (Å²) in [7, 11) is 1.32. The Morgan fingerprint density at radius 2 is 2.06 bits per heavy atom. The van der Waals surface area contributed by atoms with E-state index in [4.69, 9.17) is 11.6 Å². The predicted molar refractivity (Wildman–Crippen MR) is 69.8 cm³/mol. The summed E-state index contributed by atoms with van der Waals surface area (Å²) in [5, 5.41) is 0.289. The van der Waals surface area contributed by atoms with Crippen LogP contribution in [-0.2, 0) is 21.8 Å². The van der Waals surface area contributed by atoms with Crippen LogP contribution in [0.3, 0.4) is 0 Å². The maximum Gasteiger partial charge on any atom is 0.337 e. The van der Waals surface area contributed by atoms with Crippen molar-refractivity contribution in [3.63, 3.8) is 0 Å². The third-order valence-corrected chi connectivity index (χ3v) is 3.22. The van der Waals surface area contributed by atoms with Gasteiger partial charge in [0.2, 0.25) is 0 Å². The van der Waals surface area contributed by atoms with E-state index in [0.29, 0.717) is 11.4 Å². The van der Waals surface area contributed by atoms with Crippen molar-refractivity contribution >= 4 is 39.3 Å². The molecule has 0 amide bonds. The van der Waals surface area contributed by atoms with E-state index < -0.39 is 5.97 Å². The lowest BCUT2D eigenvalue weighted by Crippen LogP contribution is -2.08. The zero-order chi connectivity index (χ0) is 12.8. The zero-order valence-electron chi connectivity index (χ0n) is 9.33. The number of halogens is 2. The van der Waals surface area contributed by atoms with Gasteiger partial charge in [-0.15, -0.1) is 11.6 Å². The zero-order valence-corrected chi connectivity index (χ0v) is 11.7. The van der Waals surface area contributed by atoms with Crippen LogP contribution in [0.5, 0.6) is 0 Å². The Morgan fingerprint density at radius 1 is 1.35 bits per heavy atom. The lowest BCUT2D eigenvalue weighted by Gasteiger charge is -2.08. The van der Waals surface area contributed by atoms with Crippen molar-refractivity contribution in [2.45, 2.75) is 12.3 Å². The van der Waals surface area contributed by atoms with Gasteiger partial charge >= 0.3 is 5.97 Å². The van der Waals surface area contributed by atoms with Gasteiger partial charge in [-0.05, 0) is 23.3 Å². The van der Waals surface area contributed by atoms with Crippen molar-refractivity contribution < 1.29 is 14.3 Å². The smallest absolute Gasteiger partial charge is 0.337 e. The second-order valence-electron chi connectivity index (χ2n) is 3.46. The van der Waals surface area contributed by atoms with Crippen molar-refractivity contribution in [3.8, 4) is 0 Å². The van der Waals surface area contributed by atoms with Crippen LogP contribution in [0.4, 0.5) is 0 Å². The van der Waals surface area contributed by atoms with Crippen LogP contribution in [-0.4, -0.2) is 24.2 Å². The number of ketones is 1. The minimum Gasteiger partial charge on any atom is -0.465 e. The molecule has 0 aromatic heterocycles. The third-order valence-electron chi connectivity index (χ3n) is 2.31. The highest BCUT2D eigenvalue weighted by Gasteiger charge is 2.11. The molecule has 3 nitrogen and oxygen atoms in total. The van der Waals surface area contributed by atoms with Gasteiger partial charge in [0.25, 0.3) is 0 Å². The lowest BCUT2D eigenvalue weighted by molar-refractivity contribution is -0.115. The summed E-state index contributed by atoms with van der Waals surface area (Å²) in [6.07, 6.45) is 0.262. The number of alkyl halides is 2. The average Bonchev–Trinajstić information content (AvgIpc) is 2.37. The van der Waals surface area contributed by atoms with E-state index in [1.807, 2.05) is 0 Å². The highest BCUT2D eigenvalue weighted by molar-refractivity contribution is 9.09. The molecule has 1 rings (SSSR count). The van der Waals surface area contributed by atoms with Crippen molar-refractivity contribution in [1.82, 2.24) is 0 Å². The fourth-order valence-corrected chi connectivity index (χ4v) is 1.88. The minimum absolute atomic E-state index is 0.0402. The molecule has 0 unspecified atom stereocenters. The van der Waals surface area contributed by atoms with Gasteiger partial charge in [0.15, 0.2) is 0 Å². The first-order valence-corrected chi connectivity index (χ1v) is 6.61. The number of hydrogen-bond acceptors (Lipinski definition) is 3. The van der Waals surface area contributed by atoms with E-state index in [1.165, 1.54) is 7.11 Å². The van der Waals surface area contributed by atoms with Crippen LogP contribution in [0.2, 0.25) is 0 Å². The number of hydrogen-bond donors (Lipinski definition) is 0. The maximum absolute atomic E-state index is 11.4. The molecule has 0 spiro atoms. The lowest BCUT2D eigenvalue weighted by atomic mass is 10.0. The van der Waals surface area contributed by atoms with E-state index >= 15 is 0 Å². The quantitative estimate of drug-likeness (QED) is 0.619. The molecular weight excluding hydrogens is 307 g/mol. The van der Waals surface area contributed by atoms with E-state index in [0.717, 1.165) is 11.1 Å². The number of carbonyl (C=O) groups is 2. The monoisotopic (exact) mass is 318 g/mol. The summed E-state index contributed by atoms with van der Waals surface area (Å²) in [6.45, 7) is 0. The molecule has 1 aromatic carbocycles. The number of Topliss-reactive ketones (excluding diaryl/α,β-unsaturated/α-hetero) is 1. The summed E-state index contributed by atoms with van der Waals surface area (Å²) in [6, 6.07) is 5.05. The average molecular weight is 320 g/mol. The van der Waals surface area contributed by atoms with Crippen LogP contribution >= 0.6 is 27.5 Å². The molecule has 0 atom stereocenters. The highest BCUT2D eigenvalue weighted by Crippen LogP contribution is 2.16. The fraction of sp³-hybridized carbons (Fsp3) is 0.333. The Bertz CT molecular complexity index is 432. The number of methoxy groups -OCH3 is 1. The summed E-state index contributed by atoms with van der Waals surface area (Å²) in [5.41, 5.74) is 2.06. The van der Waals surface area contributed by atoms with Gasteiger partial charge < -0.3 is 4.74 Å². The molecule has 0 bridgehead atoms. The molecule has 5 heteroatoms. The minimum atomic E-state index is -0.418. The Balaban J connectivity index is 3.06. The Morgan fingerprint density at radius 3 is 2.59 bits per heavy atom. The molecule has 0 aliphatic carbocycles. The first-order valence-electron chi connectivity index (χ1n) is 4.96. The SMILES string of the molecule is COC(=O)c1ccc(CCl)c(CC(=O)CBr)c1. The van der Waals surface area contributed by atoms with Gasteiger partial charge in [0.1, 0.15) is 5.78 Å². The normalized spacial score (nSPS) is 10.1. The van der Waals surface area contributed by atoms with Crippen LogP contribution in [0.25, 0.3) is 0 Å². The Hall–Kier alpha value is -0.870. The summed E-state index contributed by atoms with van der Waals surface area (Å²) < 4.78 is 4.63. The molecule has 0 radical (unpaired) electrons. The number of esters is 1. The molecule has 0 fully saturated rings. The van der Waals surface area contributed by atoms with E-state index in [1.54, 1.807) is 18.2 Å². The molecule has 17 heavy (non-hydrogen) atoms. The molecule has 0 N–H and O–H groups in total. The third kappa shape index (κ3) is 3.82. The fourth-order valence-electron chi connectivity index (χ4n) is 1.43. The van der Waals surface area contributed by atoms with Gasteiger partial charge in [0, 0.05) is 12.3 Å². The van der Waals surface area contributed by atoms with Crippen LogP contribution in [0.1, 0.15) is 21.5 Å². The molecule has 0 saturated heterocycles. The summed E-state index contributed by atoms with van der Waals surface area (Å²) in [4.78, 5) is 22.8. The van der Waals surface area contributed by atoms with Gasteiger partial charge in [-0.1, -0.05) is 22.0 Å². The molecule has 0 aliphatic heterocycles. The van der Waals surface area contributed by atoms with Crippen molar-refractivity contribution in [1.29, 1.82) is 0 Å². The second-order valence-corrected chi connectivity index (χ2v) is 4.29. The number of carbonyl (C=O) groups excluding carboxylic acids is 2. The van der Waals surface area contributed by atoms with E-state index in [-0.39, 0.29) is 17.5 Å². The first kappa shape index (κ1) is 14.2. The molecule has 92 valence electrons. The molecule has 1 aromatic rings. The largest absolute Gasteiger partial charge is 0.465 e. The summed E-state index contributed by atoms with van der Waals surface area (Å²) >= 11 is 8.89. The Labute approximate surface area is 113 Å². The van der Waals surface area contributed by atoms with E-state index in [9.17, 15) is 9.59 Å². The number of benzene rings is 1. The Kier molecular flexibility index (Phi) is 5.65. The van der Waals surface area contributed by atoms with Gasteiger partial charge in [0.05, 0.1) is 18.0 Å². The standard InChI is InChI=1S/C12H12BrClO3/c1-17-12(16)8-2-3-9(7-14)10(4-8)5-11(15)6-13/h2-4H,5-7H2,1H3. The van der Waals surface area contributed by atoms with Crippen LogP contribution in [0, 0.1) is 0 Å². The molecular formula is C12H12BrClO3. The summed E-state index contributed by atoms with van der Waals surface area (Å²) in [5.74, 6) is -0.0659. The number of rotatable bonds is 5. The first-order chi connectivity index (χ1) is 8.12. The second kappa shape index (κ2) is 6.77. The van der Waals surface area contributed by atoms with Gasteiger partial charge in [-0.3, -0.25) is 4.79 Å². The van der Waals surface area contributed by atoms with Gasteiger partial charge in [-0.2, -0.15) is 0 Å². The maximum atomic E-state index is 11.4. The van der Waals surface area contributed by atoms with Crippen LogP contribution in [0.15, 0.2) is 18.2 Å². The topological polar surface area (TPSA) is 43.4 Å². The van der Waals surface area contributed by atoms with Crippen molar-refractivity contribution in [2.24, 2.45) is 0 Å².